The quantitative estimate of drug-likeness (QED) is 0.0943. The molecule has 0 N–H and O–H groups in total. The van der Waals surface area contributed by atoms with E-state index in [4.69, 9.17) is 4.52 Å². The van der Waals surface area contributed by atoms with Gasteiger partial charge in [0.25, 0.3) is 0 Å². The van der Waals surface area contributed by atoms with Gasteiger partial charge in [0.1, 0.15) is 6.61 Å². The van der Waals surface area contributed by atoms with Crippen molar-refractivity contribution in [1.82, 2.24) is 0 Å². The van der Waals surface area contributed by atoms with E-state index in [0.29, 0.717) is 6.61 Å². The molecule has 0 heterocycles. The SMILES string of the molecule is CCCCCCCCCCCCO[P+](=O)CCCCCCCCCCCC.[Nd]. The summed E-state index contributed by atoms with van der Waals surface area (Å²) < 4.78 is 17.4. The van der Waals surface area contributed by atoms with Gasteiger partial charge in [0.15, 0.2) is 6.16 Å². The zero-order valence-electron chi connectivity index (χ0n) is 19.3. The average molecular weight is 546 g/mol. The standard InChI is InChI=1S/C24H50O2P.Nd/c1-3-5-7-9-11-13-15-17-19-21-23-26-27(25)24-22-20-18-16-14-12-10-8-6-4-2;/h3-24H2,1-2H3;/q+1;. The van der Waals surface area contributed by atoms with Crippen LogP contribution in [0.1, 0.15) is 142 Å². The van der Waals surface area contributed by atoms with Crippen LogP contribution in [0.15, 0.2) is 0 Å². The fourth-order valence-corrected chi connectivity index (χ4v) is 4.49. The molecule has 0 aliphatic carbocycles. The van der Waals surface area contributed by atoms with Gasteiger partial charge in [-0.25, -0.2) is 0 Å². The Bertz CT molecular complexity index is 300. The van der Waals surface area contributed by atoms with Crippen LogP contribution < -0.4 is 0 Å². The summed E-state index contributed by atoms with van der Waals surface area (Å²) in [6, 6.07) is 0. The first-order valence-electron chi connectivity index (χ1n) is 12.4. The van der Waals surface area contributed by atoms with E-state index in [2.05, 4.69) is 13.8 Å². The summed E-state index contributed by atoms with van der Waals surface area (Å²) in [5.41, 5.74) is 0. The van der Waals surface area contributed by atoms with Crippen molar-refractivity contribution in [2.75, 3.05) is 12.8 Å². The van der Waals surface area contributed by atoms with E-state index in [-0.39, 0.29) is 40.8 Å². The molecule has 0 radical (unpaired) electrons. The number of hydrogen-bond acceptors (Lipinski definition) is 2. The van der Waals surface area contributed by atoms with E-state index in [1.807, 2.05) is 0 Å². The van der Waals surface area contributed by atoms with E-state index >= 15 is 0 Å². The molecule has 1 atom stereocenters. The summed E-state index contributed by atoms with van der Waals surface area (Å²) in [5, 5.41) is 0. The second-order valence-corrected chi connectivity index (χ2v) is 9.62. The molecule has 0 saturated carbocycles. The third-order valence-corrected chi connectivity index (χ3v) is 6.58. The molecule has 0 saturated heterocycles. The molecule has 0 bridgehead atoms. The molecule has 0 aliphatic rings. The molecule has 166 valence electrons. The van der Waals surface area contributed by atoms with Crippen molar-refractivity contribution in [3.05, 3.63) is 0 Å². The van der Waals surface area contributed by atoms with Crippen molar-refractivity contribution in [3.63, 3.8) is 0 Å². The van der Waals surface area contributed by atoms with Gasteiger partial charge >= 0.3 is 8.03 Å². The average Bonchev–Trinajstić information content (AvgIpc) is 2.67. The second-order valence-electron chi connectivity index (χ2n) is 8.25. The number of hydrogen-bond donors (Lipinski definition) is 0. The van der Waals surface area contributed by atoms with Crippen molar-refractivity contribution in [3.8, 4) is 0 Å². The first-order chi connectivity index (χ1) is 13.3. The Hall–Kier alpha value is 1.41. The van der Waals surface area contributed by atoms with Crippen LogP contribution in [-0.4, -0.2) is 12.8 Å². The Labute approximate surface area is 211 Å². The molecule has 0 aromatic heterocycles. The monoisotopic (exact) mass is 543 g/mol. The molecule has 0 rings (SSSR count). The Morgan fingerprint density at radius 3 is 1.21 bits per heavy atom. The smallest absolute Gasteiger partial charge is 0.146 e. The molecule has 4 heteroatoms. The summed E-state index contributed by atoms with van der Waals surface area (Å²) in [4.78, 5) is 0. The summed E-state index contributed by atoms with van der Waals surface area (Å²) in [7, 11) is -1.40. The van der Waals surface area contributed by atoms with E-state index in [9.17, 15) is 4.57 Å². The molecule has 0 aromatic carbocycles. The first kappa shape index (κ1) is 31.6. The van der Waals surface area contributed by atoms with E-state index in [1.54, 1.807) is 0 Å². The van der Waals surface area contributed by atoms with Crippen molar-refractivity contribution in [1.29, 1.82) is 0 Å². The van der Waals surface area contributed by atoms with Crippen LogP contribution >= 0.6 is 8.03 Å². The Balaban J connectivity index is 0. The van der Waals surface area contributed by atoms with Gasteiger partial charge in [0.05, 0.1) is 0 Å². The normalized spacial score (nSPS) is 11.4. The summed E-state index contributed by atoms with van der Waals surface area (Å²) >= 11 is 0. The van der Waals surface area contributed by atoms with Crippen molar-refractivity contribution < 1.29 is 49.9 Å². The molecule has 0 spiro atoms. The van der Waals surface area contributed by atoms with Crippen molar-refractivity contribution in [2.24, 2.45) is 0 Å². The first-order valence-corrected chi connectivity index (χ1v) is 13.7. The van der Waals surface area contributed by atoms with Gasteiger partial charge in [-0.3, -0.25) is 0 Å². The molecular formula is C24H50NdO2P+. The molecule has 0 fully saturated rings. The van der Waals surface area contributed by atoms with E-state index in [0.717, 1.165) is 19.0 Å². The molecule has 0 aromatic rings. The van der Waals surface area contributed by atoms with Gasteiger partial charge in [-0.2, -0.15) is 0 Å². The molecular weight excluding hydrogens is 495 g/mol. The van der Waals surface area contributed by atoms with E-state index in [1.165, 1.54) is 116 Å². The maximum Gasteiger partial charge on any atom is 0.508 e. The minimum absolute atomic E-state index is 0. The van der Waals surface area contributed by atoms with Gasteiger partial charge in [-0.15, -0.1) is 4.52 Å². The summed E-state index contributed by atoms with van der Waals surface area (Å²) in [6.07, 6.45) is 27.4. The fraction of sp³-hybridized carbons (Fsp3) is 1.00. The Kier molecular flexibility index (Phi) is 32.1. The third kappa shape index (κ3) is 27.4. The topological polar surface area (TPSA) is 26.3 Å². The van der Waals surface area contributed by atoms with Gasteiger partial charge in [-0.1, -0.05) is 123 Å². The number of unbranched alkanes of at least 4 members (excludes halogenated alkanes) is 18. The molecule has 0 amide bonds. The zero-order valence-corrected chi connectivity index (χ0v) is 23.4. The molecule has 0 aliphatic heterocycles. The van der Waals surface area contributed by atoms with Crippen LogP contribution in [0.5, 0.6) is 0 Å². The van der Waals surface area contributed by atoms with Gasteiger partial charge in [-0.05, 0) is 23.8 Å². The van der Waals surface area contributed by atoms with Gasteiger partial charge in [0.2, 0.25) is 0 Å². The second kappa shape index (κ2) is 28.4. The predicted molar refractivity (Wildman–Crippen MR) is 122 cm³/mol. The van der Waals surface area contributed by atoms with Crippen LogP contribution in [-0.2, 0) is 9.09 Å². The summed E-state index contributed by atoms with van der Waals surface area (Å²) in [5.74, 6) is 0. The van der Waals surface area contributed by atoms with Crippen LogP contribution in [0, 0.1) is 40.8 Å². The van der Waals surface area contributed by atoms with Gasteiger partial charge in [0, 0.05) is 40.8 Å². The summed E-state index contributed by atoms with van der Waals surface area (Å²) in [6.45, 7) is 5.24. The van der Waals surface area contributed by atoms with Crippen LogP contribution in [0.3, 0.4) is 0 Å². The van der Waals surface area contributed by atoms with E-state index < -0.39 is 8.03 Å². The van der Waals surface area contributed by atoms with Crippen LogP contribution in [0.25, 0.3) is 0 Å². The maximum atomic E-state index is 11.9. The molecule has 28 heavy (non-hydrogen) atoms. The predicted octanol–water partition coefficient (Wildman–Crippen LogP) is 9.59. The van der Waals surface area contributed by atoms with Crippen molar-refractivity contribution in [2.45, 2.75) is 142 Å². The van der Waals surface area contributed by atoms with Crippen molar-refractivity contribution >= 4 is 8.03 Å². The minimum Gasteiger partial charge on any atom is -0.146 e. The molecule has 2 nitrogen and oxygen atoms in total. The Morgan fingerprint density at radius 2 is 0.821 bits per heavy atom. The number of rotatable bonds is 23. The fourth-order valence-electron chi connectivity index (χ4n) is 3.55. The molecule has 1 unspecified atom stereocenters. The maximum absolute atomic E-state index is 11.9. The van der Waals surface area contributed by atoms with Crippen LogP contribution in [0.4, 0.5) is 0 Å². The zero-order chi connectivity index (χ0) is 19.8. The Morgan fingerprint density at radius 1 is 0.500 bits per heavy atom. The largest absolute Gasteiger partial charge is 0.508 e. The minimum atomic E-state index is -1.40. The van der Waals surface area contributed by atoms with Crippen LogP contribution in [0.2, 0.25) is 0 Å². The van der Waals surface area contributed by atoms with Gasteiger partial charge < -0.3 is 0 Å². The third-order valence-electron chi connectivity index (χ3n) is 5.43.